The molecule has 3 aromatic rings. The highest BCUT2D eigenvalue weighted by atomic mass is 32.2. The van der Waals surface area contributed by atoms with E-state index in [1.807, 2.05) is 12.3 Å². The number of pyridine rings is 1. The Kier molecular flexibility index (Phi) is 5.91. The average Bonchev–Trinajstić information content (AvgIpc) is 3.43. The quantitative estimate of drug-likeness (QED) is 0.543. The van der Waals surface area contributed by atoms with Gasteiger partial charge in [-0.2, -0.15) is 0 Å². The van der Waals surface area contributed by atoms with Crippen molar-refractivity contribution in [2.45, 2.75) is 56.2 Å². The molecular formula is C23H29N5OS. The normalized spacial score (nSPS) is 20.3. The SMILES string of the molecule is CC1CCN(c2nnc(SCc3cnc4ccccc4c3)n2CC2CCCO2)CC1. The van der Waals surface area contributed by atoms with Crippen LogP contribution < -0.4 is 4.90 Å². The lowest BCUT2D eigenvalue weighted by atomic mass is 10.00. The molecule has 4 heterocycles. The first-order valence-corrected chi connectivity index (χ1v) is 12.0. The summed E-state index contributed by atoms with van der Waals surface area (Å²) in [7, 11) is 0. The van der Waals surface area contributed by atoms with Gasteiger partial charge in [0.05, 0.1) is 18.2 Å². The fraction of sp³-hybridized carbons (Fsp3) is 0.522. The molecule has 1 atom stereocenters. The van der Waals surface area contributed by atoms with Crippen molar-refractivity contribution < 1.29 is 4.74 Å². The van der Waals surface area contributed by atoms with E-state index in [9.17, 15) is 0 Å². The van der Waals surface area contributed by atoms with Crippen LogP contribution in [-0.4, -0.2) is 45.5 Å². The molecule has 2 fully saturated rings. The minimum Gasteiger partial charge on any atom is -0.376 e. The molecule has 1 unspecified atom stereocenters. The van der Waals surface area contributed by atoms with E-state index in [2.05, 4.69) is 55.8 Å². The summed E-state index contributed by atoms with van der Waals surface area (Å²) >= 11 is 1.74. The predicted molar refractivity (Wildman–Crippen MR) is 121 cm³/mol. The Morgan fingerprint density at radius 2 is 2.00 bits per heavy atom. The molecule has 0 N–H and O–H groups in total. The topological polar surface area (TPSA) is 56.1 Å². The number of hydrogen-bond acceptors (Lipinski definition) is 6. The number of piperidine rings is 1. The van der Waals surface area contributed by atoms with Crippen LogP contribution in [-0.2, 0) is 17.0 Å². The molecule has 6 nitrogen and oxygen atoms in total. The Morgan fingerprint density at radius 3 is 2.83 bits per heavy atom. The lowest BCUT2D eigenvalue weighted by Crippen LogP contribution is -2.35. The number of fused-ring (bicyclic) bond motifs is 1. The first-order valence-electron chi connectivity index (χ1n) is 11.0. The smallest absolute Gasteiger partial charge is 0.228 e. The number of benzene rings is 1. The summed E-state index contributed by atoms with van der Waals surface area (Å²) in [6, 6.07) is 10.5. The summed E-state index contributed by atoms with van der Waals surface area (Å²) in [5.41, 5.74) is 2.24. The third kappa shape index (κ3) is 4.32. The van der Waals surface area contributed by atoms with Crippen LogP contribution in [0.15, 0.2) is 41.7 Å². The van der Waals surface area contributed by atoms with Crippen molar-refractivity contribution in [2.24, 2.45) is 5.92 Å². The number of nitrogens with zero attached hydrogens (tertiary/aromatic N) is 5. The summed E-state index contributed by atoms with van der Waals surface area (Å²) in [6.45, 7) is 6.17. The fourth-order valence-corrected chi connectivity index (χ4v) is 5.19. The van der Waals surface area contributed by atoms with Crippen LogP contribution in [0.1, 0.15) is 38.2 Å². The molecule has 0 saturated carbocycles. The molecule has 0 bridgehead atoms. The number of hydrogen-bond donors (Lipinski definition) is 0. The second-order valence-electron chi connectivity index (χ2n) is 8.52. The van der Waals surface area contributed by atoms with Gasteiger partial charge in [0, 0.05) is 37.0 Å². The summed E-state index contributed by atoms with van der Waals surface area (Å²) < 4.78 is 8.23. The van der Waals surface area contributed by atoms with E-state index in [0.717, 1.165) is 67.4 Å². The van der Waals surface area contributed by atoms with Gasteiger partial charge in [0.2, 0.25) is 5.95 Å². The summed E-state index contributed by atoms with van der Waals surface area (Å²) in [5, 5.41) is 11.4. The van der Waals surface area contributed by atoms with Gasteiger partial charge in [-0.05, 0) is 49.3 Å². The highest BCUT2D eigenvalue weighted by Gasteiger charge is 2.26. The third-order valence-electron chi connectivity index (χ3n) is 6.19. The van der Waals surface area contributed by atoms with Crippen molar-refractivity contribution in [3.05, 3.63) is 42.1 Å². The van der Waals surface area contributed by atoms with E-state index < -0.39 is 0 Å². The molecule has 2 saturated heterocycles. The largest absolute Gasteiger partial charge is 0.376 e. The van der Waals surface area contributed by atoms with E-state index in [4.69, 9.17) is 4.74 Å². The predicted octanol–water partition coefficient (Wildman–Crippen LogP) is 4.53. The molecule has 0 spiro atoms. The Labute approximate surface area is 182 Å². The first-order chi connectivity index (χ1) is 14.8. The maximum Gasteiger partial charge on any atom is 0.228 e. The second-order valence-corrected chi connectivity index (χ2v) is 9.47. The Hall–Kier alpha value is -2.12. The molecule has 5 rings (SSSR count). The molecule has 30 heavy (non-hydrogen) atoms. The average molecular weight is 424 g/mol. The number of thioether (sulfide) groups is 1. The van der Waals surface area contributed by atoms with E-state index in [1.165, 1.54) is 23.8 Å². The van der Waals surface area contributed by atoms with Gasteiger partial charge in [0.25, 0.3) is 0 Å². The molecule has 0 amide bonds. The van der Waals surface area contributed by atoms with Crippen LogP contribution in [0.25, 0.3) is 10.9 Å². The maximum atomic E-state index is 5.94. The zero-order valence-electron chi connectivity index (χ0n) is 17.5. The zero-order chi connectivity index (χ0) is 20.3. The number of rotatable bonds is 6. The first kappa shape index (κ1) is 19.8. The van der Waals surface area contributed by atoms with Gasteiger partial charge in [0.1, 0.15) is 0 Å². The highest BCUT2D eigenvalue weighted by Crippen LogP contribution is 2.30. The van der Waals surface area contributed by atoms with E-state index in [0.29, 0.717) is 0 Å². The van der Waals surface area contributed by atoms with Crippen LogP contribution >= 0.6 is 11.8 Å². The summed E-state index contributed by atoms with van der Waals surface area (Å²) in [4.78, 5) is 7.01. The Morgan fingerprint density at radius 1 is 1.13 bits per heavy atom. The minimum absolute atomic E-state index is 0.269. The van der Waals surface area contributed by atoms with Gasteiger partial charge >= 0.3 is 0 Å². The molecule has 2 aromatic heterocycles. The van der Waals surface area contributed by atoms with Crippen LogP contribution in [0, 0.1) is 5.92 Å². The number of aromatic nitrogens is 4. The van der Waals surface area contributed by atoms with Crippen LogP contribution in [0.5, 0.6) is 0 Å². The fourth-order valence-electron chi connectivity index (χ4n) is 4.33. The molecular weight excluding hydrogens is 394 g/mol. The lowest BCUT2D eigenvalue weighted by molar-refractivity contribution is 0.0951. The van der Waals surface area contributed by atoms with Crippen LogP contribution in [0.3, 0.4) is 0 Å². The lowest BCUT2D eigenvalue weighted by Gasteiger charge is -2.31. The van der Waals surface area contributed by atoms with E-state index in [-0.39, 0.29) is 6.10 Å². The molecule has 0 aliphatic carbocycles. The van der Waals surface area contributed by atoms with Gasteiger partial charge in [-0.25, -0.2) is 0 Å². The maximum absolute atomic E-state index is 5.94. The summed E-state index contributed by atoms with van der Waals surface area (Å²) in [6.07, 6.45) is 6.95. The molecule has 158 valence electrons. The number of anilines is 1. The second kappa shape index (κ2) is 8.94. The van der Waals surface area contributed by atoms with Crippen molar-refractivity contribution in [2.75, 3.05) is 24.6 Å². The van der Waals surface area contributed by atoms with Crippen molar-refractivity contribution >= 4 is 28.6 Å². The van der Waals surface area contributed by atoms with Gasteiger partial charge in [-0.3, -0.25) is 9.55 Å². The van der Waals surface area contributed by atoms with Gasteiger partial charge < -0.3 is 9.64 Å². The number of ether oxygens (including phenoxy) is 1. The molecule has 0 radical (unpaired) electrons. The van der Waals surface area contributed by atoms with E-state index >= 15 is 0 Å². The van der Waals surface area contributed by atoms with Gasteiger partial charge in [-0.15, -0.1) is 10.2 Å². The van der Waals surface area contributed by atoms with Crippen molar-refractivity contribution in [1.29, 1.82) is 0 Å². The molecule has 2 aliphatic rings. The van der Waals surface area contributed by atoms with E-state index in [1.54, 1.807) is 11.8 Å². The van der Waals surface area contributed by atoms with Crippen molar-refractivity contribution in [3.8, 4) is 0 Å². The minimum atomic E-state index is 0.269. The van der Waals surface area contributed by atoms with Crippen LogP contribution in [0.4, 0.5) is 5.95 Å². The Balaban J connectivity index is 1.36. The Bertz CT molecular complexity index is 992. The van der Waals surface area contributed by atoms with Gasteiger partial charge in [-0.1, -0.05) is 36.9 Å². The monoisotopic (exact) mass is 423 g/mol. The standard InChI is InChI=1S/C23H29N5OS/c1-17-8-10-27(11-9-17)22-25-26-23(28(22)15-20-6-4-12-29-20)30-16-18-13-19-5-2-3-7-21(19)24-14-18/h2-3,5,7,13-14,17,20H,4,6,8-12,15-16H2,1H3. The summed E-state index contributed by atoms with van der Waals surface area (Å²) in [5.74, 6) is 2.64. The molecule has 2 aliphatic heterocycles. The van der Waals surface area contributed by atoms with Gasteiger partial charge in [0.15, 0.2) is 5.16 Å². The van der Waals surface area contributed by atoms with Crippen molar-refractivity contribution in [1.82, 2.24) is 19.7 Å². The number of para-hydroxylation sites is 1. The highest BCUT2D eigenvalue weighted by molar-refractivity contribution is 7.98. The molecule has 1 aromatic carbocycles. The van der Waals surface area contributed by atoms with Crippen LogP contribution in [0.2, 0.25) is 0 Å². The third-order valence-corrected chi connectivity index (χ3v) is 7.23. The molecule has 7 heteroatoms. The zero-order valence-corrected chi connectivity index (χ0v) is 18.4. The van der Waals surface area contributed by atoms with Crippen molar-refractivity contribution in [3.63, 3.8) is 0 Å².